The van der Waals surface area contributed by atoms with Crippen molar-refractivity contribution in [2.75, 3.05) is 33.3 Å². The zero-order chi connectivity index (χ0) is 14.9. The van der Waals surface area contributed by atoms with E-state index in [0.717, 1.165) is 16.5 Å². The Hall–Kier alpha value is -1.63. The van der Waals surface area contributed by atoms with Crippen molar-refractivity contribution in [3.05, 3.63) is 36.4 Å². The van der Waals surface area contributed by atoms with Gasteiger partial charge < -0.3 is 10.1 Å². The minimum absolute atomic E-state index is 0.338. The average molecular weight is 306 g/mol. The molecule has 0 bridgehead atoms. The Balaban J connectivity index is 2.03. The normalized spacial score (nSPS) is 17.0. The zero-order valence-electron chi connectivity index (χ0n) is 11.9. The summed E-state index contributed by atoms with van der Waals surface area (Å²) < 4.78 is 32.0. The molecule has 1 aliphatic heterocycles. The Bertz CT molecular complexity index is 753. The SMILES string of the molecule is COc1ccc2ccc(S(=O)(=O)N3CCNCC3)cc2c1. The molecule has 3 rings (SSSR count). The lowest BCUT2D eigenvalue weighted by atomic mass is 10.1. The number of nitrogens with one attached hydrogen (secondary N) is 1. The number of hydrogen-bond donors (Lipinski definition) is 1. The summed E-state index contributed by atoms with van der Waals surface area (Å²) in [6.45, 7) is 2.41. The van der Waals surface area contributed by atoms with E-state index in [9.17, 15) is 8.42 Å². The summed E-state index contributed by atoms with van der Waals surface area (Å²) in [5.74, 6) is 0.722. The predicted octanol–water partition coefficient (Wildman–Crippen LogP) is 1.44. The van der Waals surface area contributed by atoms with Crippen molar-refractivity contribution >= 4 is 20.8 Å². The molecule has 112 valence electrons. The molecule has 1 heterocycles. The summed E-state index contributed by atoms with van der Waals surface area (Å²) in [4.78, 5) is 0.338. The first-order chi connectivity index (χ1) is 10.1. The molecule has 5 nitrogen and oxygen atoms in total. The Morgan fingerprint density at radius 3 is 2.48 bits per heavy atom. The van der Waals surface area contributed by atoms with Crippen LogP contribution in [0.2, 0.25) is 0 Å². The molecule has 0 atom stereocenters. The smallest absolute Gasteiger partial charge is 0.243 e. The van der Waals surface area contributed by atoms with Crippen molar-refractivity contribution in [2.45, 2.75) is 4.90 Å². The van der Waals surface area contributed by atoms with Crippen molar-refractivity contribution in [1.29, 1.82) is 0 Å². The maximum Gasteiger partial charge on any atom is 0.243 e. The van der Waals surface area contributed by atoms with Crippen molar-refractivity contribution in [3.8, 4) is 5.75 Å². The third kappa shape index (κ3) is 2.74. The number of fused-ring (bicyclic) bond motifs is 1. The molecule has 0 radical (unpaired) electrons. The first kappa shape index (κ1) is 14.3. The quantitative estimate of drug-likeness (QED) is 0.932. The summed E-state index contributed by atoms with van der Waals surface area (Å²) in [6, 6.07) is 10.9. The summed E-state index contributed by atoms with van der Waals surface area (Å²) in [6.07, 6.45) is 0. The van der Waals surface area contributed by atoms with Crippen LogP contribution in [0.15, 0.2) is 41.3 Å². The van der Waals surface area contributed by atoms with E-state index in [2.05, 4.69) is 5.32 Å². The highest BCUT2D eigenvalue weighted by atomic mass is 32.2. The zero-order valence-corrected chi connectivity index (χ0v) is 12.7. The van der Waals surface area contributed by atoms with Crippen LogP contribution in [-0.4, -0.2) is 46.0 Å². The monoisotopic (exact) mass is 306 g/mol. The molecular formula is C15H18N2O3S. The Morgan fingerprint density at radius 2 is 1.76 bits per heavy atom. The van der Waals surface area contributed by atoms with Crippen LogP contribution in [-0.2, 0) is 10.0 Å². The van der Waals surface area contributed by atoms with E-state index in [4.69, 9.17) is 4.74 Å². The summed E-state index contributed by atoms with van der Waals surface area (Å²) >= 11 is 0. The van der Waals surface area contributed by atoms with E-state index < -0.39 is 10.0 Å². The van der Waals surface area contributed by atoms with Crippen molar-refractivity contribution in [2.24, 2.45) is 0 Å². The number of piperazine rings is 1. The van der Waals surface area contributed by atoms with Gasteiger partial charge in [-0.1, -0.05) is 12.1 Å². The molecule has 6 heteroatoms. The molecule has 0 amide bonds. The van der Waals surface area contributed by atoms with Crippen molar-refractivity contribution < 1.29 is 13.2 Å². The fraction of sp³-hybridized carbons (Fsp3) is 0.333. The van der Waals surface area contributed by atoms with Gasteiger partial charge in [-0.05, 0) is 35.0 Å². The van der Waals surface area contributed by atoms with Crippen LogP contribution in [0.3, 0.4) is 0 Å². The van der Waals surface area contributed by atoms with Crippen LogP contribution < -0.4 is 10.1 Å². The van der Waals surface area contributed by atoms with E-state index in [1.165, 1.54) is 4.31 Å². The summed E-state index contributed by atoms with van der Waals surface area (Å²) in [5.41, 5.74) is 0. The molecule has 0 aromatic heterocycles. The fourth-order valence-electron chi connectivity index (χ4n) is 2.52. The molecule has 0 spiro atoms. The summed E-state index contributed by atoms with van der Waals surface area (Å²) in [7, 11) is -1.82. The molecule has 1 saturated heterocycles. The van der Waals surface area contributed by atoms with Crippen LogP contribution >= 0.6 is 0 Å². The maximum absolute atomic E-state index is 12.7. The first-order valence-electron chi connectivity index (χ1n) is 6.90. The molecule has 1 aliphatic rings. The number of methoxy groups -OCH3 is 1. The van der Waals surface area contributed by atoms with Gasteiger partial charge in [-0.2, -0.15) is 4.31 Å². The van der Waals surface area contributed by atoms with Crippen molar-refractivity contribution in [3.63, 3.8) is 0 Å². The molecule has 1 N–H and O–H groups in total. The maximum atomic E-state index is 12.7. The highest BCUT2D eigenvalue weighted by Crippen LogP contribution is 2.25. The largest absolute Gasteiger partial charge is 0.497 e. The molecule has 2 aromatic rings. The van der Waals surface area contributed by atoms with E-state index in [1.807, 2.05) is 24.3 Å². The Morgan fingerprint density at radius 1 is 1.05 bits per heavy atom. The van der Waals surface area contributed by atoms with Crippen molar-refractivity contribution in [1.82, 2.24) is 9.62 Å². The van der Waals surface area contributed by atoms with Gasteiger partial charge in [-0.25, -0.2) is 8.42 Å². The van der Waals surface area contributed by atoms with Gasteiger partial charge in [0.15, 0.2) is 0 Å². The van der Waals surface area contributed by atoms with Crippen LogP contribution in [0.1, 0.15) is 0 Å². The van der Waals surface area contributed by atoms with Gasteiger partial charge >= 0.3 is 0 Å². The number of nitrogens with zero attached hydrogens (tertiary/aromatic N) is 1. The predicted molar refractivity (Wildman–Crippen MR) is 82.1 cm³/mol. The van der Waals surface area contributed by atoms with Gasteiger partial charge in [-0.3, -0.25) is 0 Å². The summed E-state index contributed by atoms with van der Waals surface area (Å²) in [5, 5.41) is 5.02. The third-order valence-corrected chi connectivity index (χ3v) is 5.63. The Labute approximate surface area is 124 Å². The van der Waals surface area contributed by atoms with E-state index in [1.54, 1.807) is 19.2 Å². The lowest BCUT2D eigenvalue weighted by molar-refractivity contribution is 0.360. The Kier molecular flexibility index (Phi) is 3.84. The average Bonchev–Trinajstić information content (AvgIpc) is 2.54. The first-order valence-corrected chi connectivity index (χ1v) is 8.34. The number of rotatable bonds is 3. The molecule has 2 aromatic carbocycles. The van der Waals surface area contributed by atoms with Crippen LogP contribution in [0, 0.1) is 0 Å². The molecular weight excluding hydrogens is 288 g/mol. The molecule has 0 unspecified atom stereocenters. The molecule has 0 saturated carbocycles. The van der Waals surface area contributed by atoms with Crippen LogP contribution in [0.25, 0.3) is 10.8 Å². The van der Waals surface area contributed by atoms with Crippen LogP contribution in [0.5, 0.6) is 5.75 Å². The number of ether oxygens (including phenoxy) is 1. The van der Waals surface area contributed by atoms with Gasteiger partial charge in [0.05, 0.1) is 12.0 Å². The van der Waals surface area contributed by atoms with Gasteiger partial charge in [0.1, 0.15) is 5.75 Å². The number of hydrogen-bond acceptors (Lipinski definition) is 4. The van der Waals surface area contributed by atoms with Gasteiger partial charge in [0.25, 0.3) is 0 Å². The third-order valence-electron chi connectivity index (χ3n) is 3.73. The molecule has 1 fully saturated rings. The van der Waals surface area contributed by atoms with Gasteiger partial charge in [0, 0.05) is 26.2 Å². The second kappa shape index (κ2) is 5.63. The van der Waals surface area contributed by atoms with E-state index in [0.29, 0.717) is 31.1 Å². The highest BCUT2D eigenvalue weighted by molar-refractivity contribution is 7.89. The molecule has 0 aliphatic carbocycles. The second-order valence-electron chi connectivity index (χ2n) is 5.03. The van der Waals surface area contributed by atoms with E-state index in [-0.39, 0.29) is 0 Å². The van der Waals surface area contributed by atoms with Crippen LogP contribution in [0.4, 0.5) is 0 Å². The van der Waals surface area contributed by atoms with Gasteiger partial charge in [0.2, 0.25) is 10.0 Å². The number of sulfonamides is 1. The standard InChI is InChI=1S/C15H18N2O3S/c1-20-14-4-2-12-3-5-15(11-13(12)10-14)21(18,19)17-8-6-16-7-9-17/h2-5,10-11,16H,6-9H2,1H3. The number of benzene rings is 2. The van der Waals surface area contributed by atoms with Gasteiger partial charge in [-0.15, -0.1) is 0 Å². The highest BCUT2D eigenvalue weighted by Gasteiger charge is 2.25. The fourth-order valence-corrected chi connectivity index (χ4v) is 4.00. The minimum atomic E-state index is -3.42. The molecule has 21 heavy (non-hydrogen) atoms. The lowest BCUT2D eigenvalue weighted by Gasteiger charge is -2.26. The second-order valence-corrected chi connectivity index (χ2v) is 6.97. The topological polar surface area (TPSA) is 58.6 Å². The minimum Gasteiger partial charge on any atom is -0.497 e. The van der Waals surface area contributed by atoms with E-state index >= 15 is 0 Å². The lowest BCUT2D eigenvalue weighted by Crippen LogP contribution is -2.46.